The van der Waals surface area contributed by atoms with Crippen molar-refractivity contribution in [3.63, 3.8) is 0 Å². The maximum Gasteiger partial charge on any atom is 0.261 e. The summed E-state index contributed by atoms with van der Waals surface area (Å²) >= 11 is 1.37. The fourth-order valence-electron chi connectivity index (χ4n) is 2.13. The highest BCUT2D eigenvalue weighted by atomic mass is 35.5. The number of nitrogens with one attached hydrogen (secondary N) is 1. The third-order valence-corrected chi connectivity index (χ3v) is 4.18. The van der Waals surface area contributed by atoms with E-state index in [-0.39, 0.29) is 30.3 Å². The number of amides is 2. The third kappa shape index (κ3) is 4.19. The first-order valence-corrected chi connectivity index (χ1v) is 7.34. The summed E-state index contributed by atoms with van der Waals surface area (Å²) in [6, 6.07) is 3.26. The fraction of sp³-hybridized carbons (Fsp3) is 0.538. The Morgan fingerprint density at radius 3 is 2.65 bits per heavy atom. The monoisotopic (exact) mass is 317 g/mol. The number of likely N-dealkylation sites (tertiary alicyclic amines) is 1. The van der Waals surface area contributed by atoms with E-state index >= 15 is 0 Å². The van der Waals surface area contributed by atoms with E-state index in [9.17, 15) is 9.59 Å². The van der Waals surface area contributed by atoms with Gasteiger partial charge in [0.15, 0.2) is 0 Å². The molecule has 0 bridgehead atoms. The molecule has 20 heavy (non-hydrogen) atoms. The average molecular weight is 318 g/mol. The average Bonchev–Trinajstić information content (AvgIpc) is 2.92. The number of carbonyl (C=O) groups is 2. The standard InChI is InChI=1S/C13H19N3O2S.ClH/c1-9(15-12(17)11-3-2-8-19-11)13(18)16-6-4-10(14)5-7-16;/h2-3,8-10H,4-7,14H2,1H3,(H,15,17);1H. The Bertz CT molecular complexity index is 444. The van der Waals surface area contributed by atoms with E-state index < -0.39 is 6.04 Å². The van der Waals surface area contributed by atoms with Crippen LogP contribution in [0.3, 0.4) is 0 Å². The van der Waals surface area contributed by atoms with Crippen molar-refractivity contribution in [1.29, 1.82) is 0 Å². The number of hydrogen-bond acceptors (Lipinski definition) is 4. The van der Waals surface area contributed by atoms with Crippen LogP contribution in [0.4, 0.5) is 0 Å². The van der Waals surface area contributed by atoms with Gasteiger partial charge < -0.3 is 16.0 Å². The minimum absolute atomic E-state index is 0. The van der Waals surface area contributed by atoms with E-state index in [0.29, 0.717) is 18.0 Å². The van der Waals surface area contributed by atoms with Crippen molar-refractivity contribution >= 4 is 35.6 Å². The maximum absolute atomic E-state index is 12.2. The molecule has 112 valence electrons. The van der Waals surface area contributed by atoms with Gasteiger partial charge in [0.05, 0.1) is 4.88 Å². The molecule has 0 spiro atoms. The first-order valence-electron chi connectivity index (χ1n) is 6.46. The highest BCUT2D eigenvalue weighted by Gasteiger charge is 2.25. The van der Waals surface area contributed by atoms with Gasteiger partial charge in [-0.15, -0.1) is 23.7 Å². The van der Waals surface area contributed by atoms with E-state index in [4.69, 9.17) is 5.73 Å². The van der Waals surface area contributed by atoms with Gasteiger partial charge in [0.25, 0.3) is 5.91 Å². The number of thiophene rings is 1. The second kappa shape index (κ2) is 7.61. The summed E-state index contributed by atoms with van der Waals surface area (Å²) in [4.78, 5) is 26.5. The van der Waals surface area contributed by atoms with Gasteiger partial charge in [-0.1, -0.05) is 6.07 Å². The van der Waals surface area contributed by atoms with E-state index in [1.807, 2.05) is 11.4 Å². The normalized spacial score (nSPS) is 17.2. The number of nitrogens with zero attached hydrogens (tertiary/aromatic N) is 1. The molecule has 1 aromatic heterocycles. The van der Waals surface area contributed by atoms with Gasteiger partial charge in [0, 0.05) is 19.1 Å². The third-order valence-electron chi connectivity index (χ3n) is 3.31. The lowest BCUT2D eigenvalue weighted by atomic mass is 10.1. The van der Waals surface area contributed by atoms with Crippen molar-refractivity contribution in [2.75, 3.05) is 13.1 Å². The summed E-state index contributed by atoms with van der Waals surface area (Å²) in [5.41, 5.74) is 5.81. The lowest BCUT2D eigenvalue weighted by Gasteiger charge is -2.32. The van der Waals surface area contributed by atoms with Crippen LogP contribution >= 0.6 is 23.7 Å². The number of halogens is 1. The van der Waals surface area contributed by atoms with Crippen LogP contribution in [0, 0.1) is 0 Å². The topological polar surface area (TPSA) is 75.4 Å². The van der Waals surface area contributed by atoms with Gasteiger partial charge in [-0.3, -0.25) is 9.59 Å². The lowest BCUT2D eigenvalue weighted by Crippen LogP contribution is -2.50. The molecule has 7 heteroatoms. The van der Waals surface area contributed by atoms with Gasteiger partial charge in [-0.2, -0.15) is 0 Å². The van der Waals surface area contributed by atoms with Crippen LogP contribution in [0.25, 0.3) is 0 Å². The Balaban J connectivity index is 0.00000200. The number of piperidine rings is 1. The van der Waals surface area contributed by atoms with Crippen LogP contribution in [-0.4, -0.2) is 41.9 Å². The van der Waals surface area contributed by atoms with Crippen molar-refractivity contribution < 1.29 is 9.59 Å². The zero-order valence-electron chi connectivity index (χ0n) is 11.4. The van der Waals surface area contributed by atoms with Crippen LogP contribution in [-0.2, 0) is 4.79 Å². The molecule has 3 N–H and O–H groups in total. The van der Waals surface area contributed by atoms with Gasteiger partial charge in [0.1, 0.15) is 6.04 Å². The molecule has 0 aromatic carbocycles. The fourth-order valence-corrected chi connectivity index (χ4v) is 2.76. The highest BCUT2D eigenvalue weighted by molar-refractivity contribution is 7.12. The van der Waals surface area contributed by atoms with Crippen molar-refractivity contribution in [3.8, 4) is 0 Å². The molecule has 5 nitrogen and oxygen atoms in total. The van der Waals surface area contributed by atoms with Gasteiger partial charge in [0.2, 0.25) is 5.91 Å². The molecule has 0 saturated carbocycles. The summed E-state index contributed by atoms with van der Waals surface area (Å²) in [5.74, 6) is -0.221. The van der Waals surface area contributed by atoms with Crippen LogP contribution in [0.5, 0.6) is 0 Å². The van der Waals surface area contributed by atoms with Crippen molar-refractivity contribution in [3.05, 3.63) is 22.4 Å². The van der Waals surface area contributed by atoms with Crippen LogP contribution in [0.15, 0.2) is 17.5 Å². The molecule has 1 aliphatic heterocycles. The summed E-state index contributed by atoms with van der Waals surface area (Å²) in [6.45, 7) is 3.08. The van der Waals surface area contributed by atoms with Gasteiger partial charge in [-0.05, 0) is 31.2 Å². The van der Waals surface area contributed by atoms with E-state index in [1.54, 1.807) is 17.9 Å². The maximum atomic E-state index is 12.2. The van der Waals surface area contributed by atoms with E-state index in [2.05, 4.69) is 5.32 Å². The second-order valence-corrected chi connectivity index (χ2v) is 5.78. The van der Waals surface area contributed by atoms with Crippen molar-refractivity contribution in [2.24, 2.45) is 5.73 Å². The molecule has 1 saturated heterocycles. The van der Waals surface area contributed by atoms with Crippen LogP contribution in [0.1, 0.15) is 29.4 Å². The largest absolute Gasteiger partial charge is 0.341 e. The number of hydrogen-bond donors (Lipinski definition) is 2. The Kier molecular flexibility index (Phi) is 6.45. The first kappa shape index (κ1) is 16.9. The molecule has 1 aliphatic rings. The summed E-state index contributed by atoms with van der Waals surface area (Å²) in [6.07, 6.45) is 1.66. The Morgan fingerprint density at radius 2 is 2.10 bits per heavy atom. The van der Waals surface area contributed by atoms with Gasteiger partial charge >= 0.3 is 0 Å². The van der Waals surface area contributed by atoms with Crippen LogP contribution < -0.4 is 11.1 Å². The van der Waals surface area contributed by atoms with E-state index in [1.165, 1.54) is 11.3 Å². The zero-order valence-corrected chi connectivity index (χ0v) is 13.0. The molecule has 2 rings (SSSR count). The molecule has 1 unspecified atom stereocenters. The molecule has 0 aliphatic carbocycles. The molecule has 1 fully saturated rings. The first-order chi connectivity index (χ1) is 9.08. The summed E-state index contributed by atoms with van der Waals surface area (Å²) < 4.78 is 0. The molecule has 1 atom stereocenters. The van der Waals surface area contributed by atoms with Gasteiger partial charge in [-0.25, -0.2) is 0 Å². The number of carbonyl (C=O) groups excluding carboxylic acids is 2. The minimum atomic E-state index is -0.496. The SMILES string of the molecule is CC(NC(=O)c1cccs1)C(=O)N1CCC(N)CC1.Cl. The predicted molar refractivity (Wildman–Crippen MR) is 82.3 cm³/mol. The van der Waals surface area contributed by atoms with Crippen LogP contribution in [0.2, 0.25) is 0 Å². The Labute approximate surface area is 128 Å². The van der Waals surface area contributed by atoms with Crippen molar-refractivity contribution in [2.45, 2.75) is 31.8 Å². The highest BCUT2D eigenvalue weighted by Crippen LogP contribution is 2.11. The Morgan fingerprint density at radius 1 is 1.45 bits per heavy atom. The smallest absolute Gasteiger partial charge is 0.261 e. The second-order valence-electron chi connectivity index (χ2n) is 4.84. The minimum Gasteiger partial charge on any atom is -0.341 e. The van der Waals surface area contributed by atoms with E-state index in [0.717, 1.165) is 12.8 Å². The summed E-state index contributed by atoms with van der Waals surface area (Å²) in [5, 5.41) is 4.58. The summed E-state index contributed by atoms with van der Waals surface area (Å²) in [7, 11) is 0. The molecule has 1 aromatic rings. The number of nitrogens with two attached hydrogens (primary N) is 1. The lowest BCUT2D eigenvalue weighted by molar-refractivity contribution is -0.133. The zero-order chi connectivity index (χ0) is 13.8. The molecule has 2 heterocycles. The molecule has 0 radical (unpaired) electrons. The molecule has 2 amide bonds. The molecular weight excluding hydrogens is 298 g/mol. The van der Waals surface area contributed by atoms with Crippen molar-refractivity contribution in [1.82, 2.24) is 10.2 Å². The number of rotatable bonds is 3. The molecular formula is C13H20ClN3O2S. The Hall–Kier alpha value is -1.11. The predicted octanol–water partition coefficient (Wildman–Crippen LogP) is 1.24. The quantitative estimate of drug-likeness (QED) is 0.880.